The molecule has 1 rings (SSSR count). The summed E-state index contributed by atoms with van der Waals surface area (Å²) in [4.78, 5) is 0. The fourth-order valence-corrected chi connectivity index (χ4v) is 1.96. The van der Waals surface area contributed by atoms with Crippen molar-refractivity contribution in [1.29, 1.82) is 0 Å². The van der Waals surface area contributed by atoms with Gasteiger partial charge in [0.2, 0.25) is 0 Å². The molecule has 0 aromatic heterocycles. The summed E-state index contributed by atoms with van der Waals surface area (Å²) in [6.07, 6.45) is 5.09. The summed E-state index contributed by atoms with van der Waals surface area (Å²) in [5, 5.41) is 0. The molecule has 0 heterocycles. The lowest BCUT2D eigenvalue weighted by atomic mass is 10.1. The van der Waals surface area contributed by atoms with E-state index in [1.807, 2.05) is 48.7 Å². The molecule has 0 aromatic rings. The summed E-state index contributed by atoms with van der Waals surface area (Å²) in [6, 6.07) is 0. The molecule has 2 atom stereocenters. The molecular formula is C15H36O. The Morgan fingerprint density at radius 3 is 1.62 bits per heavy atom. The van der Waals surface area contributed by atoms with Crippen LogP contribution in [0.1, 0.15) is 81.1 Å². The first-order valence-corrected chi connectivity index (χ1v) is 7.34. The molecule has 0 saturated heterocycles. The van der Waals surface area contributed by atoms with Crippen molar-refractivity contribution in [3.05, 3.63) is 0 Å². The number of hydrogen-bond acceptors (Lipinski definition) is 1. The average molecular weight is 232 g/mol. The Hall–Kier alpha value is -0.0400. The molecule has 1 aliphatic carbocycles. The molecule has 0 aromatic carbocycles. The Morgan fingerprint density at radius 1 is 1.00 bits per heavy atom. The Bertz CT molecular complexity index is 112. The maximum atomic E-state index is 5.49. The molecule has 0 spiro atoms. The van der Waals surface area contributed by atoms with E-state index in [1.54, 1.807) is 0 Å². The summed E-state index contributed by atoms with van der Waals surface area (Å²) >= 11 is 0. The van der Waals surface area contributed by atoms with Crippen molar-refractivity contribution in [1.82, 2.24) is 0 Å². The van der Waals surface area contributed by atoms with Gasteiger partial charge in [0.05, 0.1) is 5.60 Å². The van der Waals surface area contributed by atoms with E-state index in [9.17, 15) is 0 Å². The topological polar surface area (TPSA) is 9.23 Å². The van der Waals surface area contributed by atoms with Gasteiger partial charge in [0.1, 0.15) is 0 Å². The van der Waals surface area contributed by atoms with E-state index >= 15 is 0 Å². The SMILES string of the molecule is CC.CC.CC.CCCC1(OC)CC1CC. The van der Waals surface area contributed by atoms with Gasteiger partial charge in [0, 0.05) is 7.11 Å². The maximum absolute atomic E-state index is 5.49. The minimum atomic E-state index is 0.309. The van der Waals surface area contributed by atoms with Crippen LogP contribution in [0.4, 0.5) is 0 Å². The maximum Gasteiger partial charge on any atom is 0.0711 e. The number of hydrogen-bond donors (Lipinski definition) is 0. The minimum Gasteiger partial charge on any atom is -0.378 e. The Kier molecular flexibility index (Phi) is 19.9. The molecule has 1 fully saturated rings. The smallest absolute Gasteiger partial charge is 0.0711 e. The summed E-state index contributed by atoms with van der Waals surface area (Å²) in [5.41, 5.74) is 0.309. The molecule has 0 radical (unpaired) electrons. The zero-order valence-corrected chi connectivity index (χ0v) is 13.3. The van der Waals surface area contributed by atoms with Crippen molar-refractivity contribution in [3.8, 4) is 0 Å². The lowest BCUT2D eigenvalue weighted by Crippen LogP contribution is -2.14. The second-order valence-electron chi connectivity index (χ2n) is 3.33. The molecular weight excluding hydrogens is 196 g/mol. The first-order valence-electron chi connectivity index (χ1n) is 7.34. The predicted octanol–water partition coefficient (Wildman–Crippen LogP) is 5.68. The molecule has 1 aliphatic rings. The second kappa shape index (κ2) is 15.0. The molecule has 16 heavy (non-hydrogen) atoms. The Balaban J connectivity index is -0.000000245. The highest BCUT2D eigenvalue weighted by Gasteiger charge is 2.52. The van der Waals surface area contributed by atoms with Crippen molar-refractivity contribution in [2.45, 2.75) is 86.7 Å². The van der Waals surface area contributed by atoms with Gasteiger partial charge in [0.15, 0.2) is 0 Å². The summed E-state index contributed by atoms with van der Waals surface area (Å²) in [5.74, 6) is 0.859. The monoisotopic (exact) mass is 232 g/mol. The molecule has 1 heteroatoms. The van der Waals surface area contributed by atoms with Gasteiger partial charge in [-0.2, -0.15) is 0 Å². The van der Waals surface area contributed by atoms with Crippen molar-refractivity contribution >= 4 is 0 Å². The highest BCUT2D eigenvalue weighted by atomic mass is 16.5. The molecule has 102 valence electrons. The van der Waals surface area contributed by atoms with Crippen LogP contribution in [0.2, 0.25) is 0 Å². The van der Waals surface area contributed by atoms with Crippen LogP contribution >= 0.6 is 0 Å². The van der Waals surface area contributed by atoms with Crippen LogP contribution in [0.15, 0.2) is 0 Å². The third-order valence-electron chi connectivity index (χ3n) is 2.75. The molecule has 2 unspecified atom stereocenters. The molecule has 1 saturated carbocycles. The van der Waals surface area contributed by atoms with Crippen molar-refractivity contribution in [3.63, 3.8) is 0 Å². The van der Waals surface area contributed by atoms with E-state index in [2.05, 4.69) is 13.8 Å². The molecule has 0 N–H and O–H groups in total. The van der Waals surface area contributed by atoms with Gasteiger partial charge in [-0.1, -0.05) is 68.2 Å². The van der Waals surface area contributed by atoms with Crippen LogP contribution in [-0.2, 0) is 4.74 Å². The van der Waals surface area contributed by atoms with Crippen LogP contribution < -0.4 is 0 Å². The minimum absolute atomic E-state index is 0.309. The second-order valence-corrected chi connectivity index (χ2v) is 3.33. The normalized spacial score (nSPS) is 24.9. The summed E-state index contributed by atoms with van der Waals surface area (Å²) < 4.78 is 5.49. The fourth-order valence-electron chi connectivity index (χ4n) is 1.96. The van der Waals surface area contributed by atoms with E-state index in [1.165, 1.54) is 25.7 Å². The third-order valence-corrected chi connectivity index (χ3v) is 2.75. The van der Waals surface area contributed by atoms with Crippen molar-refractivity contribution in [2.75, 3.05) is 7.11 Å². The van der Waals surface area contributed by atoms with Crippen LogP contribution in [0.5, 0.6) is 0 Å². The summed E-state index contributed by atoms with van der Waals surface area (Å²) in [6.45, 7) is 16.5. The fraction of sp³-hybridized carbons (Fsp3) is 1.00. The lowest BCUT2D eigenvalue weighted by Gasteiger charge is -2.13. The molecule has 0 bridgehead atoms. The third kappa shape index (κ3) is 7.27. The van der Waals surface area contributed by atoms with E-state index in [0.29, 0.717) is 5.60 Å². The molecule has 1 nitrogen and oxygen atoms in total. The molecule has 0 aliphatic heterocycles. The first-order chi connectivity index (χ1) is 7.79. The van der Waals surface area contributed by atoms with E-state index in [0.717, 1.165) is 5.92 Å². The van der Waals surface area contributed by atoms with Crippen molar-refractivity contribution in [2.24, 2.45) is 5.92 Å². The Morgan fingerprint density at radius 2 is 1.44 bits per heavy atom. The number of ether oxygens (including phenoxy) is 1. The number of methoxy groups -OCH3 is 1. The standard InChI is InChI=1S/C9H18O.3C2H6/c1-4-6-9(10-3)7-8(9)5-2;3*1-2/h8H,4-7H2,1-3H3;3*1-2H3. The largest absolute Gasteiger partial charge is 0.378 e. The molecule has 0 amide bonds. The zero-order valence-electron chi connectivity index (χ0n) is 13.3. The summed E-state index contributed by atoms with van der Waals surface area (Å²) in [7, 11) is 1.85. The van der Waals surface area contributed by atoms with Gasteiger partial charge in [-0.25, -0.2) is 0 Å². The Labute approximate surface area is 105 Å². The zero-order chi connectivity index (χ0) is 13.6. The highest BCUT2D eigenvalue weighted by molar-refractivity contribution is 5.03. The van der Waals surface area contributed by atoms with Crippen LogP contribution in [0.3, 0.4) is 0 Å². The van der Waals surface area contributed by atoms with E-state index < -0.39 is 0 Å². The van der Waals surface area contributed by atoms with Gasteiger partial charge in [-0.3, -0.25) is 0 Å². The quantitative estimate of drug-likeness (QED) is 0.606. The van der Waals surface area contributed by atoms with Gasteiger partial charge in [0.25, 0.3) is 0 Å². The average Bonchev–Trinajstić information content (AvgIpc) is 3.11. The van der Waals surface area contributed by atoms with E-state index in [4.69, 9.17) is 4.74 Å². The van der Waals surface area contributed by atoms with Crippen LogP contribution in [0.25, 0.3) is 0 Å². The van der Waals surface area contributed by atoms with E-state index in [-0.39, 0.29) is 0 Å². The van der Waals surface area contributed by atoms with Gasteiger partial charge in [-0.15, -0.1) is 0 Å². The predicted molar refractivity (Wildman–Crippen MR) is 77.1 cm³/mol. The van der Waals surface area contributed by atoms with Crippen molar-refractivity contribution < 1.29 is 4.74 Å². The van der Waals surface area contributed by atoms with Gasteiger partial charge < -0.3 is 4.74 Å². The first kappa shape index (κ1) is 21.3. The van der Waals surface area contributed by atoms with Gasteiger partial charge in [-0.05, 0) is 18.8 Å². The van der Waals surface area contributed by atoms with Crippen LogP contribution in [0, 0.1) is 5.92 Å². The number of rotatable bonds is 4. The lowest BCUT2D eigenvalue weighted by molar-refractivity contribution is 0.0567. The van der Waals surface area contributed by atoms with Crippen LogP contribution in [-0.4, -0.2) is 12.7 Å². The van der Waals surface area contributed by atoms with Gasteiger partial charge >= 0.3 is 0 Å². The highest BCUT2D eigenvalue weighted by Crippen LogP contribution is 2.51.